The number of hydrogen-bond donors (Lipinski definition) is 0. The fourth-order valence-electron chi connectivity index (χ4n) is 1.14. The van der Waals surface area contributed by atoms with E-state index >= 15 is 0 Å². The number of benzene rings is 1. The van der Waals surface area contributed by atoms with E-state index in [1.807, 2.05) is 6.92 Å². The molecule has 0 aliphatic carbocycles. The van der Waals surface area contributed by atoms with Gasteiger partial charge in [0.25, 0.3) is 0 Å². The molecule has 68 valence electrons. The lowest BCUT2D eigenvalue weighted by Gasteiger charge is -1.91. The van der Waals surface area contributed by atoms with E-state index in [0.717, 1.165) is 6.42 Å². The second-order valence-electron chi connectivity index (χ2n) is 2.67. The van der Waals surface area contributed by atoms with Gasteiger partial charge in [-0.3, -0.25) is 0 Å². The fraction of sp³-hybridized carbons (Fsp3) is 0.222. The number of aryl methyl sites for hydroxylation is 1. The Labute approximate surface area is 85.5 Å². The monoisotopic (exact) mass is 215 g/mol. The number of aromatic nitrogens is 1. The predicted molar refractivity (Wildman–Crippen MR) is 53.4 cm³/mol. The van der Waals surface area contributed by atoms with Gasteiger partial charge < -0.3 is 4.42 Å². The zero-order valence-electron chi connectivity index (χ0n) is 6.97. The maximum absolute atomic E-state index is 5.92. The van der Waals surface area contributed by atoms with Crippen molar-refractivity contribution >= 4 is 34.3 Å². The molecule has 1 aromatic carbocycles. The molecule has 0 saturated carbocycles. The van der Waals surface area contributed by atoms with Crippen molar-refractivity contribution in [3.63, 3.8) is 0 Å². The summed E-state index contributed by atoms with van der Waals surface area (Å²) in [6.45, 7) is 1.96. The van der Waals surface area contributed by atoms with Gasteiger partial charge in [-0.25, -0.2) is 4.98 Å². The number of hydrogen-bond acceptors (Lipinski definition) is 2. The van der Waals surface area contributed by atoms with Crippen LogP contribution in [0.1, 0.15) is 12.8 Å². The van der Waals surface area contributed by atoms with E-state index in [0.29, 0.717) is 27.0 Å². The summed E-state index contributed by atoms with van der Waals surface area (Å²) in [5, 5.41) is 1.12. The lowest BCUT2D eigenvalue weighted by atomic mass is 10.3. The molecule has 0 amide bonds. The minimum atomic E-state index is 0.548. The summed E-state index contributed by atoms with van der Waals surface area (Å²) in [6, 6.07) is 3.42. The highest BCUT2D eigenvalue weighted by Gasteiger charge is 2.10. The first-order valence-electron chi connectivity index (χ1n) is 3.95. The SMILES string of the molecule is CCc1nc2c(Cl)ccc(Cl)c2o1. The minimum Gasteiger partial charge on any atom is -0.439 e. The molecule has 13 heavy (non-hydrogen) atoms. The van der Waals surface area contributed by atoms with E-state index in [9.17, 15) is 0 Å². The Morgan fingerprint density at radius 3 is 2.62 bits per heavy atom. The molecule has 0 atom stereocenters. The molecule has 2 rings (SSSR count). The van der Waals surface area contributed by atoms with Crippen LogP contribution in [0.15, 0.2) is 16.5 Å². The van der Waals surface area contributed by atoms with Crippen molar-refractivity contribution in [3.8, 4) is 0 Å². The van der Waals surface area contributed by atoms with Crippen LogP contribution in [-0.2, 0) is 6.42 Å². The third kappa shape index (κ3) is 1.40. The molecular weight excluding hydrogens is 209 g/mol. The summed E-state index contributed by atoms with van der Waals surface area (Å²) in [7, 11) is 0. The van der Waals surface area contributed by atoms with Crippen molar-refractivity contribution in [1.82, 2.24) is 4.98 Å². The first kappa shape index (κ1) is 8.85. The van der Waals surface area contributed by atoms with Crippen molar-refractivity contribution in [3.05, 3.63) is 28.1 Å². The lowest BCUT2D eigenvalue weighted by Crippen LogP contribution is -1.76. The average Bonchev–Trinajstić information content (AvgIpc) is 2.56. The largest absolute Gasteiger partial charge is 0.439 e. The van der Waals surface area contributed by atoms with Gasteiger partial charge in [-0.05, 0) is 12.1 Å². The number of fused-ring (bicyclic) bond motifs is 1. The highest BCUT2D eigenvalue weighted by atomic mass is 35.5. The first-order valence-corrected chi connectivity index (χ1v) is 4.71. The first-order chi connectivity index (χ1) is 6.22. The van der Waals surface area contributed by atoms with E-state index in [4.69, 9.17) is 27.6 Å². The zero-order valence-corrected chi connectivity index (χ0v) is 8.49. The normalized spacial score (nSPS) is 11.0. The van der Waals surface area contributed by atoms with Crippen LogP contribution >= 0.6 is 23.2 Å². The van der Waals surface area contributed by atoms with Gasteiger partial charge >= 0.3 is 0 Å². The van der Waals surface area contributed by atoms with Crippen LogP contribution in [0.25, 0.3) is 11.1 Å². The van der Waals surface area contributed by atoms with Crippen LogP contribution in [-0.4, -0.2) is 4.98 Å². The molecule has 0 saturated heterocycles. The molecule has 2 aromatic rings. The summed E-state index contributed by atoms with van der Waals surface area (Å²) in [4.78, 5) is 4.21. The van der Waals surface area contributed by atoms with E-state index in [-0.39, 0.29) is 0 Å². The zero-order chi connectivity index (χ0) is 9.42. The number of oxazole rings is 1. The van der Waals surface area contributed by atoms with Gasteiger partial charge in [-0.1, -0.05) is 30.1 Å². The molecule has 0 fully saturated rings. The smallest absolute Gasteiger partial charge is 0.195 e. The molecule has 0 spiro atoms. The maximum Gasteiger partial charge on any atom is 0.195 e. The van der Waals surface area contributed by atoms with Crippen LogP contribution in [0.2, 0.25) is 10.0 Å². The van der Waals surface area contributed by atoms with Gasteiger partial charge in [0, 0.05) is 6.42 Å². The average molecular weight is 216 g/mol. The summed E-state index contributed by atoms with van der Waals surface area (Å²) in [6.07, 6.45) is 0.737. The van der Waals surface area contributed by atoms with Crippen molar-refractivity contribution < 1.29 is 4.42 Å². The van der Waals surface area contributed by atoms with E-state index in [1.54, 1.807) is 12.1 Å². The Balaban J connectivity index is 2.80. The summed E-state index contributed by atoms with van der Waals surface area (Å²) >= 11 is 11.8. The Hall–Kier alpha value is -0.730. The van der Waals surface area contributed by atoms with Gasteiger partial charge in [0.15, 0.2) is 11.5 Å². The molecule has 0 unspecified atom stereocenters. The summed E-state index contributed by atoms with van der Waals surface area (Å²) in [5.74, 6) is 0.657. The predicted octanol–water partition coefficient (Wildman–Crippen LogP) is 3.70. The molecule has 0 aliphatic rings. The molecule has 1 heterocycles. The van der Waals surface area contributed by atoms with Gasteiger partial charge in [0.1, 0.15) is 5.52 Å². The quantitative estimate of drug-likeness (QED) is 0.726. The highest BCUT2D eigenvalue weighted by Crippen LogP contribution is 2.29. The third-order valence-electron chi connectivity index (χ3n) is 1.79. The Morgan fingerprint density at radius 1 is 1.31 bits per heavy atom. The number of rotatable bonds is 1. The van der Waals surface area contributed by atoms with Gasteiger partial charge in [-0.15, -0.1) is 0 Å². The minimum absolute atomic E-state index is 0.548. The summed E-state index contributed by atoms with van der Waals surface area (Å²) in [5.41, 5.74) is 1.22. The molecule has 0 bridgehead atoms. The van der Waals surface area contributed by atoms with Crippen LogP contribution in [0.4, 0.5) is 0 Å². The lowest BCUT2D eigenvalue weighted by molar-refractivity contribution is 0.538. The molecule has 1 aromatic heterocycles. The molecule has 0 radical (unpaired) electrons. The van der Waals surface area contributed by atoms with E-state index < -0.39 is 0 Å². The van der Waals surface area contributed by atoms with E-state index in [2.05, 4.69) is 4.98 Å². The molecule has 0 aliphatic heterocycles. The van der Waals surface area contributed by atoms with Crippen molar-refractivity contribution in [2.45, 2.75) is 13.3 Å². The molecule has 0 N–H and O–H groups in total. The van der Waals surface area contributed by atoms with Crippen LogP contribution in [0.3, 0.4) is 0 Å². The van der Waals surface area contributed by atoms with Gasteiger partial charge in [0.2, 0.25) is 0 Å². The van der Waals surface area contributed by atoms with Crippen molar-refractivity contribution in [1.29, 1.82) is 0 Å². The summed E-state index contributed by atoms with van der Waals surface area (Å²) < 4.78 is 5.40. The van der Waals surface area contributed by atoms with Gasteiger partial charge in [0.05, 0.1) is 10.0 Å². The second-order valence-corrected chi connectivity index (χ2v) is 3.48. The third-order valence-corrected chi connectivity index (χ3v) is 2.40. The fourth-order valence-corrected chi connectivity index (χ4v) is 1.52. The standard InChI is InChI=1S/C9H7Cl2NO/c1-2-7-12-8-5(10)3-4-6(11)9(8)13-7/h3-4H,2H2,1H3. The van der Waals surface area contributed by atoms with E-state index in [1.165, 1.54) is 0 Å². The Morgan fingerprint density at radius 2 is 2.00 bits per heavy atom. The maximum atomic E-state index is 5.92. The van der Waals surface area contributed by atoms with Crippen molar-refractivity contribution in [2.24, 2.45) is 0 Å². The number of halogens is 2. The molecular formula is C9H7Cl2NO. The molecule has 4 heteroatoms. The van der Waals surface area contributed by atoms with Gasteiger partial charge in [-0.2, -0.15) is 0 Å². The molecule has 2 nitrogen and oxygen atoms in total. The van der Waals surface area contributed by atoms with Crippen LogP contribution in [0, 0.1) is 0 Å². The number of nitrogens with zero attached hydrogens (tertiary/aromatic N) is 1. The highest BCUT2D eigenvalue weighted by molar-refractivity contribution is 6.39. The Kier molecular flexibility index (Phi) is 2.18. The van der Waals surface area contributed by atoms with Crippen LogP contribution in [0.5, 0.6) is 0 Å². The van der Waals surface area contributed by atoms with Crippen molar-refractivity contribution in [2.75, 3.05) is 0 Å². The topological polar surface area (TPSA) is 26.0 Å². The van der Waals surface area contributed by atoms with Crippen LogP contribution < -0.4 is 0 Å². The second kappa shape index (κ2) is 3.20. The Bertz CT molecular complexity index is 411.